The van der Waals surface area contributed by atoms with E-state index in [4.69, 9.17) is 0 Å². The second-order valence-electron chi connectivity index (χ2n) is 6.85. The largest absolute Gasteiger partial charge is 0.353 e. The number of nitrogens with one attached hydrogen (secondary N) is 1. The molecule has 140 valence electrons. The zero-order valence-electron chi connectivity index (χ0n) is 15.4. The molecule has 0 unspecified atom stereocenters. The Hall–Kier alpha value is -2.95. The molecule has 1 N–H and O–H groups in total. The average molecular weight is 363 g/mol. The summed E-state index contributed by atoms with van der Waals surface area (Å²) in [6.45, 7) is 2.36. The Morgan fingerprint density at radius 1 is 1.11 bits per heavy atom. The molecule has 3 rings (SSSR count). The van der Waals surface area contributed by atoms with Gasteiger partial charge in [0.25, 0.3) is 5.91 Å². The van der Waals surface area contributed by atoms with Crippen molar-refractivity contribution in [1.29, 1.82) is 0 Å². The monoisotopic (exact) mass is 363 g/mol. The van der Waals surface area contributed by atoms with Gasteiger partial charge in [0.2, 0.25) is 5.91 Å². The minimum absolute atomic E-state index is 0.0814. The van der Waals surface area contributed by atoms with E-state index in [0.717, 1.165) is 43.5 Å². The van der Waals surface area contributed by atoms with Crippen LogP contribution < -0.4 is 5.32 Å². The van der Waals surface area contributed by atoms with Crippen molar-refractivity contribution < 1.29 is 9.59 Å². The highest BCUT2D eigenvalue weighted by Gasteiger charge is 2.30. The zero-order chi connectivity index (χ0) is 18.9. The van der Waals surface area contributed by atoms with E-state index in [0.29, 0.717) is 12.5 Å². The molecule has 1 aliphatic rings. The molecule has 0 saturated carbocycles. The van der Waals surface area contributed by atoms with Crippen LogP contribution in [0.1, 0.15) is 35.2 Å². The van der Waals surface area contributed by atoms with Gasteiger partial charge in [-0.2, -0.15) is 0 Å². The van der Waals surface area contributed by atoms with Crippen molar-refractivity contribution in [3.05, 3.63) is 72.1 Å². The van der Waals surface area contributed by atoms with Gasteiger partial charge >= 0.3 is 0 Å². The summed E-state index contributed by atoms with van der Waals surface area (Å²) in [6, 6.07) is 13.2. The Labute approximate surface area is 160 Å². The Morgan fingerprint density at radius 3 is 2.67 bits per heavy atom. The number of rotatable bonds is 8. The lowest BCUT2D eigenvalue weighted by atomic mass is 9.93. The summed E-state index contributed by atoms with van der Waals surface area (Å²) in [7, 11) is 0. The fraction of sp³-hybridized carbons (Fsp3) is 0.318. The molecule has 0 bridgehead atoms. The Bertz CT molecular complexity index is 769. The topological polar surface area (TPSA) is 62.3 Å². The molecule has 0 spiro atoms. The summed E-state index contributed by atoms with van der Waals surface area (Å²) in [6.07, 6.45) is 9.83. The first-order valence-electron chi connectivity index (χ1n) is 9.42. The van der Waals surface area contributed by atoms with E-state index in [1.54, 1.807) is 18.5 Å². The number of hydrogen-bond donors (Lipinski definition) is 1. The van der Waals surface area contributed by atoms with Gasteiger partial charge in [0, 0.05) is 43.7 Å². The molecule has 5 heteroatoms. The molecule has 0 radical (unpaired) electrons. The lowest BCUT2D eigenvalue weighted by molar-refractivity contribution is -0.116. The van der Waals surface area contributed by atoms with Gasteiger partial charge in [-0.1, -0.05) is 30.7 Å². The molecule has 1 saturated heterocycles. The highest BCUT2D eigenvalue weighted by Crippen LogP contribution is 2.23. The lowest BCUT2D eigenvalue weighted by Crippen LogP contribution is -2.49. The lowest BCUT2D eigenvalue weighted by Gasteiger charge is -2.39. The van der Waals surface area contributed by atoms with Crippen LogP contribution in [0, 0.1) is 5.92 Å². The summed E-state index contributed by atoms with van der Waals surface area (Å²) in [5.41, 5.74) is 1.67. The summed E-state index contributed by atoms with van der Waals surface area (Å²) in [5.74, 6) is 0.625. The number of benzene rings is 1. The molecule has 0 atom stereocenters. The van der Waals surface area contributed by atoms with Crippen LogP contribution in [-0.4, -0.2) is 41.3 Å². The van der Waals surface area contributed by atoms with Gasteiger partial charge < -0.3 is 10.2 Å². The molecule has 5 nitrogen and oxygen atoms in total. The first-order chi connectivity index (χ1) is 13.2. The Morgan fingerprint density at radius 2 is 1.93 bits per heavy atom. The Balaban J connectivity index is 1.25. The minimum atomic E-state index is -0.0814. The fourth-order valence-corrected chi connectivity index (χ4v) is 3.16. The van der Waals surface area contributed by atoms with Crippen molar-refractivity contribution >= 4 is 17.9 Å². The SMILES string of the molecule is O=C(/C=C/c1cccnc1)NCCCCC1CN(C(=O)c2ccccc2)C1. The predicted octanol–water partition coefficient (Wildman–Crippen LogP) is 3.15. The number of nitrogens with zero attached hydrogens (tertiary/aromatic N) is 2. The number of hydrogen-bond acceptors (Lipinski definition) is 3. The highest BCUT2D eigenvalue weighted by molar-refractivity contribution is 5.94. The third-order valence-electron chi connectivity index (χ3n) is 4.72. The van der Waals surface area contributed by atoms with Crippen molar-refractivity contribution in [2.75, 3.05) is 19.6 Å². The summed E-state index contributed by atoms with van der Waals surface area (Å²) in [4.78, 5) is 29.9. The van der Waals surface area contributed by atoms with Gasteiger partial charge in [0.05, 0.1) is 0 Å². The first kappa shape index (κ1) is 18.8. The van der Waals surface area contributed by atoms with Crippen molar-refractivity contribution in [1.82, 2.24) is 15.2 Å². The van der Waals surface area contributed by atoms with Gasteiger partial charge in [-0.25, -0.2) is 0 Å². The van der Waals surface area contributed by atoms with Gasteiger partial charge in [0.1, 0.15) is 0 Å². The van der Waals surface area contributed by atoms with E-state index < -0.39 is 0 Å². The minimum Gasteiger partial charge on any atom is -0.353 e. The van der Waals surface area contributed by atoms with Crippen LogP contribution in [-0.2, 0) is 4.79 Å². The maximum absolute atomic E-state index is 12.3. The Kier molecular flexibility index (Phi) is 6.74. The van der Waals surface area contributed by atoms with Gasteiger partial charge in [0.15, 0.2) is 0 Å². The van der Waals surface area contributed by atoms with Crippen LogP contribution >= 0.6 is 0 Å². The molecule has 27 heavy (non-hydrogen) atoms. The van der Waals surface area contributed by atoms with Crippen LogP contribution in [0.25, 0.3) is 6.08 Å². The molecule has 0 aliphatic carbocycles. The number of carbonyl (C=O) groups is 2. The van der Waals surface area contributed by atoms with Crippen molar-refractivity contribution in [3.8, 4) is 0 Å². The molecule has 1 aromatic carbocycles. The molecule has 1 fully saturated rings. The van der Waals surface area contributed by atoms with E-state index in [1.807, 2.05) is 47.4 Å². The van der Waals surface area contributed by atoms with Crippen molar-refractivity contribution in [3.63, 3.8) is 0 Å². The zero-order valence-corrected chi connectivity index (χ0v) is 15.4. The van der Waals surface area contributed by atoms with E-state index in [-0.39, 0.29) is 11.8 Å². The molecule has 1 aromatic heterocycles. The van der Waals surface area contributed by atoms with Crippen molar-refractivity contribution in [2.24, 2.45) is 5.92 Å². The highest BCUT2D eigenvalue weighted by atomic mass is 16.2. The number of carbonyl (C=O) groups excluding carboxylic acids is 2. The third kappa shape index (κ3) is 5.78. The van der Waals surface area contributed by atoms with Gasteiger partial charge in [-0.3, -0.25) is 14.6 Å². The van der Waals surface area contributed by atoms with Crippen LogP contribution in [0.3, 0.4) is 0 Å². The van der Waals surface area contributed by atoms with Crippen molar-refractivity contribution in [2.45, 2.75) is 19.3 Å². The quantitative estimate of drug-likeness (QED) is 0.579. The fourth-order valence-electron chi connectivity index (χ4n) is 3.16. The van der Waals surface area contributed by atoms with Crippen LogP contribution in [0.5, 0.6) is 0 Å². The third-order valence-corrected chi connectivity index (χ3v) is 4.72. The summed E-state index contributed by atoms with van der Waals surface area (Å²) < 4.78 is 0. The number of aromatic nitrogens is 1. The normalized spacial score (nSPS) is 14.1. The van der Waals surface area contributed by atoms with E-state index >= 15 is 0 Å². The number of unbranched alkanes of at least 4 members (excludes halogenated alkanes) is 1. The van der Waals surface area contributed by atoms with E-state index in [2.05, 4.69) is 10.3 Å². The van der Waals surface area contributed by atoms with Gasteiger partial charge in [-0.05, 0) is 48.6 Å². The second kappa shape index (κ2) is 9.67. The smallest absolute Gasteiger partial charge is 0.253 e. The molecular weight excluding hydrogens is 338 g/mol. The molecule has 1 aliphatic heterocycles. The average Bonchev–Trinajstić information content (AvgIpc) is 2.68. The number of pyridine rings is 1. The molecule has 2 amide bonds. The maximum atomic E-state index is 12.3. The standard InChI is InChI=1S/C22H25N3O2/c26-21(12-11-18-8-6-13-23-15-18)24-14-5-4-7-19-16-25(17-19)22(27)20-9-2-1-3-10-20/h1-3,6,8-13,15,19H,4-5,7,14,16-17H2,(H,24,26)/b12-11+. The summed E-state index contributed by atoms with van der Waals surface area (Å²) in [5, 5.41) is 2.90. The van der Waals surface area contributed by atoms with Crippen LogP contribution in [0.15, 0.2) is 60.9 Å². The number of likely N-dealkylation sites (tertiary alicyclic amines) is 1. The molecule has 2 heterocycles. The summed E-state index contributed by atoms with van der Waals surface area (Å²) >= 11 is 0. The van der Waals surface area contributed by atoms with E-state index in [9.17, 15) is 9.59 Å². The van der Waals surface area contributed by atoms with Crippen LogP contribution in [0.4, 0.5) is 0 Å². The predicted molar refractivity (Wildman–Crippen MR) is 106 cm³/mol. The second-order valence-corrected chi connectivity index (χ2v) is 6.85. The van der Waals surface area contributed by atoms with Crippen LogP contribution in [0.2, 0.25) is 0 Å². The molecule has 2 aromatic rings. The van der Waals surface area contributed by atoms with Gasteiger partial charge in [-0.15, -0.1) is 0 Å². The maximum Gasteiger partial charge on any atom is 0.253 e. The first-order valence-corrected chi connectivity index (χ1v) is 9.42. The molecular formula is C22H25N3O2. The number of amides is 2. The van der Waals surface area contributed by atoms with E-state index in [1.165, 1.54) is 6.08 Å².